The van der Waals surface area contributed by atoms with Gasteiger partial charge < -0.3 is 4.74 Å². The first-order valence-electron chi connectivity index (χ1n) is 10.8. The smallest absolute Gasteiger partial charge is 0.154 e. The molecule has 0 amide bonds. The Morgan fingerprint density at radius 3 is 2.14 bits per heavy atom. The van der Waals surface area contributed by atoms with Gasteiger partial charge in [0.05, 0.1) is 17.9 Å². The fourth-order valence-electron chi connectivity index (χ4n) is 5.17. The maximum absolute atomic E-state index is 13.6. The van der Waals surface area contributed by atoms with Crippen LogP contribution in [0.15, 0.2) is 23.8 Å². The minimum Gasteiger partial charge on any atom is -0.364 e. The Kier molecular flexibility index (Phi) is 4.95. The third-order valence-corrected chi connectivity index (χ3v) is 7.25. The monoisotopic (exact) mass is 406 g/mol. The van der Waals surface area contributed by atoms with Crippen LogP contribution in [0.5, 0.6) is 0 Å². The van der Waals surface area contributed by atoms with Gasteiger partial charge in [-0.3, -0.25) is 9.59 Å². The van der Waals surface area contributed by atoms with E-state index in [1.165, 1.54) is 5.56 Å². The summed E-state index contributed by atoms with van der Waals surface area (Å²) in [4.78, 5) is 27.1. The summed E-state index contributed by atoms with van der Waals surface area (Å²) < 4.78 is 6.05. The number of ether oxygens (including phenoxy) is 1. The molecular formula is C25H30O3Si. The molecule has 1 saturated carbocycles. The van der Waals surface area contributed by atoms with E-state index in [0.29, 0.717) is 0 Å². The second-order valence-electron chi connectivity index (χ2n) is 9.64. The summed E-state index contributed by atoms with van der Waals surface area (Å²) in [5, 5.41) is 0. The normalized spacial score (nSPS) is 30.3. The molecule has 152 valence electrons. The Hall–Kier alpha value is -1.96. The van der Waals surface area contributed by atoms with Crippen molar-refractivity contribution in [3.05, 3.63) is 46.0 Å². The molecule has 2 bridgehead atoms. The van der Waals surface area contributed by atoms with Crippen LogP contribution in [0.2, 0.25) is 19.6 Å². The fourth-order valence-corrected chi connectivity index (χ4v) is 5.69. The molecule has 2 aliphatic heterocycles. The van der Waals surface area contributed by atoms with E-state index in [2.05, 4.69) is 64.0 Å². The Morgan fingerprint density at radius 1 is 1.00 bits per heavy atom. The molecule has 0 spiro atoms. The third-order valence-electron chi connectivity index (χ3n) is 6.38. The van der Waals surface area contributed by atoms with Gasteiger partial charge in [0, 0.05) is 5.57 Å². The number of rotatable bonds is 3. The molecule has 29 heavy (non-hydrogen) atoms. The lowest BCUT2D eigenvalue weighted by atomic mass is 9.81. The molecule has 0 N–H and O–H groups in total. The Morgan fingerprint density at radius 2 is 1.59 bits per heavy atom. The first kappa shape index (κ1) is 20.3. The second-order valence-corrected chi connectivity index (χ2v) is 14.4. The van der Waals surface area contributed by atoms with Crippen molar-refractivity contribution in [3.63, 3.8) is 0 Å². The van der Waals surface area contributed by atoms with Crippen LogP contribution in [-0.4, -0.2) is 31.8 Å². The van der Waals surface area contributed by atoms with E-state index in [4.69, 9.17) is 4.74 Å². The number of ketones is 2. The predicted octanol–water partition coefficient (Wildman–Crippen LogP) is 4.18. The van der Waals surface area contributed by atoms with Crippen molar-refractivity contribution in [3.8, 4) is 11.5 Å². The fraction of sp³-hybridized carbons (Fsp3) is 0.520. The Balaban J connectivity index is 1.73. The number of benzene rings is 1. The largest absolute Gasteiger partial charge is 0.364 e. The third kappa shape index (κ3) is 3.25. The van der Waals surface area contributed by atoms with Gasteiger partial charge in [-0.05, 0) is 42.5 Å². The lowest BCUT2D eigenvalue weighted by Gasteiger charge is -2.20. The molecule has 0 radical (unpaired) electrons. The number of Topliss-reactive ketones (excluding diaryl/α,β-unsaturated/α-hetero) is 2. The maximum Gasteiger partial charge on any atom is 0.154 e. The van der Waals surface area contributed by atoms with Gasteiger partial charge in [0.1, 0.15) is 20.1 Å². The summed E-state index contributed by atoms with van der Waals surface area (Å²) in [6.07, 6.45) is 3.02. The van der Waals surface area contributed by atoms with Gasteiger partial charge in [-0.25, -0.2) is 0 Å². The van der Waals surface area contributed by atoms with Crippen LogP contribution in [0.1, 0.15) is 42.0 Å². The summed E-state index contributed by atoms with van der Waals surface area (Å²) >= 11 is 0. The quantitative estimate of drug-likeness (QED) is 0.430. The van der Waals surface area contributed by atoms with Crippen molar-refractivity contribution in [2.75, 3.05) is 0 Å². The van der Waals surface area contributed by atoms with Gasteiger partial charge in [0.15, 0.2) is 11.6 Å². The number of carbonyl (C=O) groups excluding carboxylic acids is 2. The maximum atomic E-state index is 13.6. The standard InChI is InChI=1S/C25H30O3Si/c1-7-15-11-14(3)12-16(8-2)19(15)21-23(26)20-18-13-17(9-10-29(4,5)6)25(28-18)22(20)24(21)27/h11-13,18,20-22,25H,7-8H2,1-6H3/t18-,20-,21?,22+,25+/m0/s1. The van der Waals surface area contributed by atoms with Crippen LogP contribution < -0.4 is 0 Å². The highest BCUT2D eigenvalue weighted by atomic mass is 28.3. The van der Waals surface area contributed by atoms with E-state index >= 15 is 0 Å². The van der Waals surface area contributed by atoms with Crippen LogP contribution in [0.25, 0.3) is 0 Å². The minimum atomic E-state index is -1.52. The molecule has 1 aromatic carbocycles. The van der Waals surface area contributed by atoms with Crippen molar-refractivity contribution < 1.29 is 14.3 Å². The van der Waals surface area contributed by atoms with Gasteiger partial charge in [-0.15, -0.1) is 5.54 Å². The molecule has 1 unspecified atom stereocenters. The molecule has 2 heterocycles. The molecule has 1 aliphatic carbocycles. The predicted molar refractivity (Wildman–Crippen MR) is 118 cm³/mol. The highest BCUT2D eigenvalue weighted by Gasteiger charge is 2.63. The molecule has 1 saturated heterocycles. The van der Waals surface area contributed by atoms with Crippen molar-refractivity contribution in [2.45, 2.75) is 71.4 Å². The van der Waals surface area contributed by atoms with E-state index < -0.39 is 14.0 Å². The summed E-state index contributed by atoms with van der Waals surface area (Å²) in [5.74, 6) is 2.04. The first-order valence-corrected chi connectivity index (χ1v) is 14.3. The van der Waals surface area contributed by atoms with E-state index in [0.717, 1.165) is 35.1 Å². The number of fused-ring (bicyclic) bond motifs is 5. The summed E-state index contributed by atoms with van der Waals surface area (Å²) in [6.45, 7) is 12.9. The van der Waals surface area contributed by atoms with E-state index in [1.54, 1.807) is 0 Å². The van der Waals surface area contributed by atoms with Crippen LogP contribution in [0.3, 0.4) is 0 Å². The zero-order chi connectivity index (χ0) is 21.1. The number of carbonyl (C=O) groups is 2. The van der Waals surface area contributed by atoms with Crippen molar-refractivity contribution in [1.29, 1.82) is 0 Å². The molecule has 3 aliphatic rings. The number of aryl methyl sites for hydroxylation is 3. The summed E-state index contributed by atoms with van der Waals surface area (Å²) in [5.41, 5.74) is 8.72. The van der Waals surface area contributed by atoms with Gasteiger partial charge in [0.25, 0.3) is 0 Å². The van der Waals surface area contributed by atoms with Gasteiger partial charge in [-0.2, -0.15) is 0 Å². The molecular weight excluding hydrogens is 376 g/mol. The minimum absolute atomic E-state index is 0.0427. The summed E-state index contributed by atoms with van der Waals surface area (Å²) in [7, 11) is -1.52. The average molecular weight is 407 g/mol. The van der Waals surface area contributed by atoms with Crippen LogP contribution in [0.4, 0.5) is 0 Å². The zero-order valence-corrected chi connectivity index (χ0v) is 19.3. The van der Waals surface area contributed by atoms with Gasteiger partial charge in [-0.1, -0.05) is 57.1 Å². The SMILES string of the molecule is CCc1cc(C)cc(CC)c1C1C(=O)[C@@H]2[C@H](C1=O)[C@@H]1O[C@H]2C=C1C#C[Si](C)(C)C. The van der Waals surface area contributed by atoms with E-state index in [1.807, 2.05) is 6.08 Å². The average Bonchev–Trinajstić information content (AvgIpc) is 3.30. The van der Waals surface area contributed by atoms with Crippen molar-refractivity contribution in [2.24, 2.45) is 11.8 Å². The van der Waals surface area contributed by atoms with Crippen molar-refractivity contribution >= 4 is 19.6 Å². The van der Waals surface area contributed by atoms with Gasteiger partial charge in [0.2, 0.25) is 0 Å². The van der Waals surface area contributed by atoms with E-state index in [9.17, 15) is 9.59 Å². The van der Waals surface area contributed by atoms with Gasteiger partial charge >= 0.3 is 0 Å². The lowest BCUT2D eigenvalue weighted by molar-refractivity contribution is -0.127. The van der Waals surface area contributed by atoms with E-state index in [-0.39, 0.29) is 35.6 Å². The Labute approximate surface area is 174 Å². The molecule has 4 heteroatoms. The summed E-state index contributed by atoms with van der Waals surface area (Å²) in [6, 6.07) is 4.27. The number of hydrogen-bond acceptors (Lipinski definition) is 3. The van der Waals surface area contributed by atoms with Crippen LogP contribution in [0, 0.1) is 30.2 Å². The van der Waals surface area contributed by atoms with Crippen LogP contribution >= 0.6 is 0 Å². The highest BCUT2D eigenvalue weighted by Crippen LogP contribution is 2.52. The van der Waals surface area contributed by atoms with Crippen LogP contribution in [-0.2, 0) is 27.2 Å². The zero-order valence-electron chi connectivity index (χ0n) is 18.3. The number of hydrogen-bond donors (Lipinski definition) is 0. The highest BCUT2D eigenvalue weighted by molar-refractivity contribution is 6.83. The molecule has 2 fully saturated rings. The molecule has 4 rings (SSSR count). The molecule has 1 aromatic rings. The molecule has 5 atom stereocenters. The first-order chi connectivity index (χ1) is 13.7. The Bertz CT molecular complexity index is 961. The molecule has 3 nitrogen and oxygen atoms in total. The topological polar surface area (TPSA) is 43.4 Å². The lowest BCUT2D eigenvalue weighted by Crippen LogP contribution is -2.29. The second kappa shape index (κ2) is 7.07. The molecule has 0 aromatic heterocycles. The van der Waals surface area contributed by atoms with Crippen molar-refractivity contribution in [1.82, 2.24) is 0 Å².